The van der Waals surface area contributed by atoms with Crippen molar-refractivity contribution in [3.05, 3.63) is 29.1 Å². The van der Waals surface area contributed by atoms with Crippen molar-refractivity contribution in [1.29, 1.82) is 0 Å². The molecule has 20 heavy (non-hydrogen) atoms. The van der Waals surface area contributed by atoms with Crippen LogP contribution in [0.15, 0.2) is 17.0 Å². The van der Waals surface area contributed by atoms with Gasteiger partial charge in [-0.25, -0.2) is 13.6 Å². The van der Waals surface area contributed by atoms with E-state index in [2.05, 4.69) is 15.4 Å². The zero-order valence-electron chi connectivity index (χ0n) is 11.4. The van der Waals surface area contributed by atoms with E-state index in [1.165, 1.54) is 10.9 Å². The highest BCUT2D eigenvalue weighted by atomic mass is 32.2. The summed E-state index contributed by atoms with van der Waals surface area (Å²) in [7, 11) is -2.07. The van der Waals surface area contributed by atoms with Gasteiger partial charge in [-0.2, -0.15) is 4.80 Å². The van der Waals surface area contributed by atoms with Gasteiger partial charge in [-0.05, 0) is 42.3 Å². The van der Waals surface area contributed by atoms with Gasteiger partial charge in [-0.1, -0.05) is 0 Å². The summed E-state index contributed by atoms with van der Waals surface area (Å²) >= 11 is 0. The van der Waals surface area contributed by atoms with Crippen LogP contribution < -0.4 is 9.88 Å². The van der Waals surface area contributed by atoms with Gasteiger partial charge in [0.1, 0.15) is 5.75 Å². The maximum absolute atomic E-state index is 11.4. The molecule has 9 heteroatoms. The van der Waals surface area contributed by atoms with Crippen LogP contribution in [0.4, 0.5) is 0 Å². The fourth-order valence-electron chi connectivity index (χ4n) is 1.76. The molecule has 0 saturated carbocycles. The number of tetrazole rings is 1. The standard InChI is InChI=1S/C11H15N5O3S/c1-7-8(2)10(20(12,17)18)5-4-9(7)19-6-11-13-15-16(3)14-11/h4-5H,6H2,1-3H3,(H2,12,17,18). The molecule has 0 fully saturated rings. The zero-order valence-corrected chi connectivity index (χ0v) is 12.2. The van der Waals surface area contributed by atoms with Gasteiger partial charge < -0.3 is 4.74 Å². The normalized spacial score (nSPS) is 11.6. The van der Waals surface area contributed by atoms with Crippen LogP contribution in [-0.2, 0) is 23.7 Å². The van der Waals surface area contributed by atoms with Crippen molar-refractivity contribution in [3.63, 3.8) is 0 Å². The Bertz CT molecular complexity index is 739. The summed E-state index contributed by atoms with van der Waals surface area (Å²) < 4.78 is 28.4. The van der Waals surface area contributed by atoms with Crippen LogP contribution in [-0.4, -0.2) is 28.6 Å². The van der Waals surface area contributed by atoms with Crippen LogP contribution in [0.5, 0.6) is 5.75 Å². The number of primary sulfonamides is 1. The third-order valence-corrected chi connectivity index (χ3v) is 3.96. The third-order valence-electron chi connectivity index (χ3n) is 2.90. The molecule has 2 rings (SSSR count). The molecule has 8 nitrogen and oxygen atoms in total. The van der Waals surface area contributed by atoms with E-state index in [4.69, 9.17) is 9.88 Å². The van der Waals surface area contributed by atoms with E-state index in [9.17, 15) is 8.42 Å². The average molecular weight is 297 g/mol. The Morgan fingerprint density at radius 2 is 2.00 bits per heavy atom. The molecule has 2 N–H and O–H groups in total. The quantitative estimate of drug-likeness (QED) is 0.853. The lowest BCUT2D eigenvalue weighted by Gasteiger charge is -2.12. The van der Waals surface area contributed by atoms with Gasteiger partial charge in [-0.15, -0.1) is 10.2 Å². The predicted octanol–water partition coefficient (Wildman–Crippen LogP) is 0.0533. The van der Waals surface area contributed by atoms with Crippen LogP contribution in [0.2, 0.25) is 0 Å². The number of aromatic nitrogens is 4. The molecule has 1 heterocycles. The van der Waals surface area contributed by atoms with Crippen LogP contribution in [0.25, 0.3) is 0 Å². The van der Waals surface area contributed by atoms with Crippen molar-refractivity contribution in [1.82, 2.24) is 20.2 Å². The van der Waals surface area contributed by atoms with Crippen LogP contribution in [0, 0.1) is 13.8 Å². The highest BCUT2D eigenvalue weighted by Crippen LogP contribution is 2.26. The third kappa shape index (κ3) is 2.94. The monoisotopic (exact) mass is 297 g/mol. The van der Waals surface area contributed by atoms with E-state index < -0.39 is 10.0 Å². The smallest absolute Gasteiger partial charge is 0.238 e. The van der Waals surface area contributed by atoms with E-state index in [0.29, 0.717) is 22.7 Å². The number of rotatable bonds is 4. The number of benzene rings is 1. The predicted molar refractivity (Wildman–Crippen MR) is 70.4 cm³/mol. The topological polar surface area (TPSA) is 113 Å². The first-order valence-electron chi connectivity index (χ1n) is 5.77. The highest BCUT2D eigenvalue weighted by Gasteiger charge is 2.15. The Morgan fingerprint density at radius 3 is 2.55 bits per heavy atom. The van der Waals surface area contributed by atoms with Gasteiger partial charge in [0, 0.05) is 0 Å². The van der Waals surface area contributed by atoms with Crippen molar-refractivity contribution in [2.75, 3.05) is 0 Å². The summed E-state index contributed by atoms with van der Waals surface area (Å²) in [4.78, 5) is 1.43. The summed E-state index contributed by atoms with van der Waals surface area (Å²) in [6.07, 6.45) is 0. The maximum Gasteiger partial charge on any atom is 0.238 e. The van der Waals surface area contributed by atoms with Gasteiger partial charge in [-0.3, -0.25) is 0 Å². The number of sulfonamides is 1. The number of hydrogen-bond acceptors (Lipinski definition) is 6. The van der Waals surface area contributed by atoms with Gasteiger partial charge in [0.2, 0.25) is 15.8 Å². The molecule has 1 aromatic heterocycles. The van der Waals surface area contributed by atoms with Crippen molar-refractivity contribution in [3.8, 4) is 5.75 Å². The minimum absolute atomic E-state index is 0.0972. The van der Waals surface area contributed by atoms with Crippen LogP contribution >= 0.6 is 0 Å². The second-order valence-corrected chi connectivity index (χ2v) is 5.87. The van der Waals surface area contributed by atoms with E-state index >= 15 is 0 Å². The van der Waals surface area contributed by atoms with Crippen LogP contribution in [0.1, 0.15) is 17.0 Å². The molecule has 108 valence electrons. The molecule has 0 aliphatic rings. The fraction of sp³-hybridized carbons (Fsp3) is 0.364. The number of aryl methyl sites for hydroxylation is 1. The minimum atomic E-state index is -3.73. The first kappa shape index (κ1) is 14.4. The van der Waals surface area contributed by atoms with E-state index in [1.807, 2.05) is 0 Å². The van der Waals surface area contributed by atoms with E-state index in [0.717, 1.165) is 0 Å². The van der Waals surface area contributed by atoms with E-state index in [-0.39, 0.29) is 11.5 Å². The van der Waals surface area contributed by atoms with Gasteiger partial charge >= 0.3 is 0 Å². The molecular weight excluding hydrogens is 282 g/mol. The lowest BCUT2D eigenvalue weighted by molar-refractivity contribution is 0.293. The Hall–Kier alpha value is -2.00. The summed E-state index contributed by atoms with van der Waals surface area (Å²) in [6.45, 7) is 3.61. The first-order valence-corrected chi connectivity index (χ1v) is 7.32. The largest absolute Gasteiger partial charge is 0.485 e. The molecule has 0 aliphatic heterocycles. The second kappa shape index (κ2) is 5.17. The fourth-order valence-corrected chi connectivity index (χ4v) is 2.60. The Kier molecular flexibility index (Phi) is 3.73. The minimum Gasteiger partial charge on any atom is -0.485 e. The Labute approximate surface area is 116 Å². The summed E-state index contributed by atoms with van der Waals surface area (Å²) in [5, 5.41) is 16.6. The number of nitrogens with two attached hydrogens (primary N) is 1. The molecule has 0 amide bonds. The van der Waals surface area contributed by atoms with Crippen molar-refractivity contribution < 1.29 is 13.2 Å². The van der Waals surface area contributed by atoms with Gasteiger partial charge in [0.05, 0.1) is 11.9 Å². The molecule has 0 radical (unpaired) electrons. The summed E-state index contributed by atoms with van der Waals surface area (Å²) in [5.74, 6) is 1.00. The lowest BCUT2D eigenvalue weighted by atomic mass is 10.1. The van der Waals surface area contributed by atoms with Crippen molar-refractivity contribution in [2.45, 2.75) is 25.3 Å². The zero-order chi connectivity index (χ0) is 14.9. The van der Waals surface area contributed by atoms with Crippen LogP contribution in [0.3, 0.4) is 0 Å². The number of nitrogens with zero attached hydrogens (tertiary/aromatic N) is 4. The van der Waals surface area contributed by atoms with Crippen molar-refractivity contribution >= 4 is 10.0 Å². The number of ether oxygens (including phenoxy) is 1. The Morgan fingerprint density at radius 1 is 1.30 bits per heavy atom. The SMILES string of the molecule is Cc1c(OCc2nnn(C)n2)ccc(S(N)(=O)=O)c1C. The highest BCUT2D eigenvalue weighted by molar-refractivity contribution is 7.89. The van der Waals surface area contributed by atoms with Gasteiger partial charge in [0.15, 0.2) is 6.61 Å². The molecule has 0 aliphatic carbocycles. The summed E-state index contributed by atoms with van der Waals surface area (Å²) in [6, 6.07) is 3.00. The van der Waals surface area contributed by atoms with Gasteiger partial charge in [0.25, 0.3) is 0 Å². The maximum atomic E-state index is 11.4. The average Bonchev–Trinajstić information content (AvgIpc) is 2.75. The molecule has 0 saturated heterocycles. The Balaban J connectivity index is 2.24. The first-order chi connectivity index (χ1) is 9.29. The molecule has 0 spiro atoms. The number of hydrogen-bond donors (Lipinski definition) is 1. The molecular formula is C11H15N5O3S. The summed E-state index contributed by atoms with van der Waals surface area (Å²) in [5.41, 5.74) is 1.28. The lowest BCUT2D eigenvalue weighted by Crippen LogP contribution is -2.14. The molecule has 1 aromatic carbocycles. The van der Waals surface area contributed by atoms with E-state index in [1.54, 1.807) is 27.0 Å². The van der Waals surface area contributed by atoms with Crippen molar-refractivity contribution in [2.24, 2.45) is 12.2 Å². The molecule has 0 bridgehead atoms. The molecule has 2 aromatic rings. The molecule has 0 unspecified atom stereocenters. The molecule has 0 atom stereocenters. The second-order valence-electron chi connectivity index (χ2n) is 4.34.